The van der Waals surface area contributed by atoms with E-state index in [2.05, 4.69) is 65.1 Å². The summed E-state index contributed by atoms with van der Waals surface area (Å²) in [5, 5.41) is 3.45. The van der Waals surface area contributed by atoms with E-state index in [1.807, 2.05) is 0 Å². The molecule has 1 rings (SSSR count). The normalized spacial score (nSPS) is 12.0. The Kier molecular flexibility index (Phi) is 7.24. The molecule has 0 radical (unpaired) electrons. The van der Waals surface area contributed by atoms with Gasteiger partial charge < -0.3 is 10.1 Å². The van der Waals surface area contributed by atoms with Crippen LogP contribution in [0.5, 0.6) is 5.75 Å². The lowest BCUT2D eigenvalue weighted by Gasteiger charge is -2.23. The number of hydrogen-bond donors (Lipinski definition) is 1. The summed E-state index contributed by atoms with van der Waals surface area (Å²) >= 11 is 0. The van der Waals surface area contributed by atoms with Gasteiger partial charge in [-0.25, -0.2) is 0 Å². The highest BCUT2D eigenvalue weighted by molar-refractivity contribution is 5.41. The van der Waals surface area contributed by atoms with Gasteiger partial charge in [-0.2, -0.15) is 0 Å². The van der Waals surface area contributed by atoms with E-state index in [0.717, 1.165) is 38.3 Å². The predicted octanol–water partition coefficient (Wildman–Crippen LogP) is 4.56. The minimum absolute atomic E-state index is 0.121. The first-order valence-electron chi connectivity index (χ1n) is 8.31. The topological polar surface area (TPSA) is 21.3 Å². The lowest BCUT2D eigenvalue weighted by molar-refractivity contribution is 0.299. The molecule has 0 bridgehead atoms. The standard InChI is InChI=1S/C19H33NO/c1-7-16-9-10-18(17(13-16)19(4,5)6)21-12-8-11-20-14-15(2)3/h9-10,13,15,20H,7-8,11-12,14H2,1-6H3. The van der Waals surface area contributed by atoms with Crippen LogP contribution in [0.3, 0.4) is 0 Å². The van der Waals surface area contributed by atoms with Gasteiger partial charge in [-0.15, -0.1) is 0 Å². The average Bonchev–Trinajstić information content (AvgIpc) is 2.41. The molecule has 1 N–H and O–H groups in total. The molecule has 1 aromatic rings. The number of rotatable bonds is 8. The van der Waals surface area contributed by atoms with Crippen molar-refractivity contribution in [1.82, 2.24) is 5.32 Å². The molecule has 0 atom stereocenters. The largest absolute Gasteiger partial charge is 0.493 e. The van der Waals surface area contributed by atoms with Gasteiger partial charge in [-0.1, -0.05) is 53.7 Å². The first kappa shape index (κ1) is 18.0. The molecule has 0 heterocycles. The van der Waals surface area contributed by atoms with Crippen LogP contribution in [-0.2, 0) is 11.8 Å². The molecule has 0 saturated heterocycles. The number of ether oxygens (including phenoxy) is 1. The Hall–Kier alpha value is -1.02. The molecular formula is C19H33NO. The van der Waals surface area contributed by atoms with E-state index in [9.17, 15) is 0 Å². The van der Waals surface area contributed by atoms with Gasteiger partial charge in [-0.3, -0.25) is 0 Å². The molecule has 0 fully saturated rings. The SMILES string of the molecule is CCc1ccc(OCCCNCC(C)C)c(C(C)(C)C)c1. The summed E-state index contributed by atoms with van der Waals surface area (Å²) in [7, 11) is 0. The number of nitrogens with one attached hydrogen (secondary N) is 1. The molecule has 0 aliphatic heterocycles. The van der Waals surface area contributed by atoms with Crippen molar-refractivity contribution in [3.63, 3.8) is 0 Å². The second-order valence-corrected chi connectivity index (χ2v) is 7.23. The molecule has 0 aliphatic carbocycles. The zero-order valence-corrected chi connectivity index (χ0v) is 14.8. The third-order valence-electron chi connectivity index (χ3n) is 3.57. The fourth-order valence-corrected chi connectivity index (χ4v) is 2.28. The van der Waals surface area contributed by atoms with Gasteiger partial charge in [-0.05, 0) is 54.5 Å². The smallest absolute Gasteiger partial charge is 0.123 e. The zero-order valence-electron chi connectivity index (χ0n) is 14.8. The second kappa shape index (κ2) is 8.43. The number of benzene rings is 1. The highest BCUT2D eigenvalue weighted by Gasteiger charge is 2.19. The van der Waals surface area contributed by atoms with Crippen LogP contribution in [0.15, 0.2) is 18.2 Å². The third kappa shape index (κ3) is 6.52. The van der Waals surface area contributed by atoms with Crippen LogP contribution in [0.1, 0.15) is 59.1 Å². The van der Waals surface area contributed by atoms with Crippen molar-refractivity contribution in [3.8, 4) is 5.75 Å². The van der Waals surface area contributed by atoms with Crippen molar-refractivity contribution in [1.29, 1.82) is 0 Å². The monoisotopic (exact) mass is 291 g/mol. The maximum Gasteiger partial charge on any atom is 0.123 e. The minimum Gasteiger partial charge on any atom is -0.493 e. The van der Waals surface area contributed by atoms with Gasteiger partial charge in [0.1, 0.15) is 5.75 Å². The first-order chi connectivity index (χ1) is 9.84. The summed E-state index contributed by atoms with van der Waals surface area (Å²) in [4.78, 5) is 0. The van der Waals surface area contributed by atoms with E-state index >= 15 is 0 Å². The first-order valence-corrected chi connectivity index (χ1v) is 8.31. The van der Waals surface area contributed by atoms with Crippen LogP contribution in [-0.4, -0.2) is 19.7 Å². The summed E-state index contributed by atoms with van der Waals surface area (Å²) in [6.07, 6.45) is 2.12. The lowest BCUT2D eigenvalue weighted by Crippen LogP contribution is -2.22. The molecular weight excluding hydrogens is 258 g/mol. The van der Waals surface area contributed by atoms with E-state index in [1.54, 1.807) is 0 Å². The quantitative estimate of drug-likeness (QED) is 0.709. The Bertz CT molecular complexity index is 418. The van der Waals surface area contributed by atoms with Gasteiger partial charge in [0.05, 0.1) is 6.61 Å². The molecule has 2 heteroatoms. The Labute approximate surface area is 131 Å². The van der Waals surface area contributed by atoms with Gasteiger partial charge in [0.15, 0.2) is 0 Å². The molecule has 0 aromatic heterocycles. The lowest BCUT2D eigenvalue weighted by atomic mass is 9.85. The Morgan fingerprint density at radius 1 is 1.19 bits per heavy atom. The molecule has 1 aromatic carbocycles. The van der Waals surface area contributed by atoms with Gasteiger partial charge in [0.2, 0.25) is 0 Å². The van der Waals surface area contributed by atoms with E-state index < -0.39 is 0 Å². The Balaban J connectivity index is 2.54. The van der Waals surface area contributed by atoms with Gasteiger partial charge in [0, 0.05) is 0 Å². The third-order valence-corrected chi connectivity index (χ3v) is 3.57. The molecule has 0 amide bonds. The van der Waals surface area contributed by atoms with Crippen molar-refractivity contribution in [2.45, 2.75) is 59.8 Å². The molecule has 0 saturated carbocycles. The van der Waals surface area contributed by atoms with Crippen molar-refractivity contribution in [2.24, 2.45) is 5.92 Å². The number of aryl methyl sites for hydroxylation is 1. The molecule has 21 heavy (non-hydrogen) atoms. The van der Waals surface area contributed by atoms with Crippen LogP contribution in [0.4, 0.5) is 0 Å². The van der Waals surface area contributed by atoms with Crippen molar-refractivity contribution >= 4 is 0 Å². The van der Waals surface area contributed by atoms with Crippen molar-refractivity contribution in [3.05, 3.63) is 29.3 Å². The average molecular weight is 291 g/mol. The van der Waals surface area contributed by atoms with Crippen LogP contribution in [0.25, 0.3) is 0 Å². The summed E-state index contributed by atoms with van der Waals surface area (Å²) in [5.41, 5.74) is 2.82. The molecule has 0 unspecified atom stereocenters. The summed E-state index contributed by atoms with van der Waals surface area (Å²) in [6.45, 7) is 16.3. The van der Waals surface area contributed by atoms with E-state index in [-0.39, 0.29) is 5.41 Å². The van der Waals surface area contributed by atoms with Crippen LogP contribution >= 0.6 is 0 Å². The number of hydrogen-bond acceptors (Lipinski definition) is 2. The van der Waals surface area contributed by atoms with Crippen LogP contribution in [0, 0.1) is 5.92 Å². The summed E-state index contributed by atoms with van der Waals surface area (Å²) in [5.74, 6) is 1.75. The van der Waals surface area contributed by atoms with Crippen LogP contribution in [0.2, 0.25) is 0 Å². The maximum atomic E-state index is 6.03. The van der Waals surface area contributed by atoms with Crippen LogP contribution < -0.4 is 10.1 Å². The molecule has 2 nitrogen and oxygen atoms in total. The van der Waals surface area contributed by atoms with Gasteiger partial charge >= 0.3 is 0 Å². The van der Waals surface area contributed by atoms with Gasteiger partial charge in [0.25, 0.3) is 0 Å². The highest BCUT2D eigenvalue weighted by Crippen LogP contribution is 2.32. The fraction of sp³-hybridized carbons (Fsp3) is 0.684. The van der Waals surface area contributed by atoms with E-state index in [1.165, 1.54) is 11.1 Å². The summed E-state index contributed by atoms with van der Waals surface area (Å²) in [6, 6.07) is 6.62. The highest BCUT2D eigenvalue weighted by atomic mass is 16.5. The fourth-order valence-electron chi connectivity index (χ4n) is 2.28. The van der Waals surface area contributed by atoms with E-state index in [0.29, 0.717) is 5.92 Å². The Morgan fingerprint density at radius 2 is 1.90 bits per heavy atom. The predicted molar refractivity (Wildman–Crippen MR) is 92.3 cm³/mol. The second-order valence-electron chi connectivity index (χ2n) is 7.23. The molecule has 120 valence electrons. The maximum absolute atomic E-state index is 6.03. The van der Waals surface area contributed by atoms with Crippen molar-refractivity contribution in [2.75, 3.05) is 19.7 Å². The van der Waals surface area contributed by atoms with E-state index in [4.69, 9.17) is 4.74 Å². The molecule has 0 spiro atoms. The minimum atomic E-state index is 0.121. The Morgan fingerprint density at radius 3 is 2.48 bits per heavy atom. The summed E-state index contributed by atoms with van der Waals surface area (Å²) < 4.78 is 6.03. The zero-order chi connectivity index (χ0) is 15.9. The van der Waals surface area contributed by atoms with Crippen molar-refractivity contribution < 1.29 is 4.74 Å². The molecule has 0 aliphatic rings.